The van der Waals surface area contributed by atoms with Crippen molar-refractivity contribution in [3.63, 3.8) is 0 Å². The Labute approximate surface area is 71.4 Å². The number of nitrogens with zero attached hydrogens (tertiary/aromatic N) is 2. The Balaban J connectivity index is 4.48. The van der Waals surface area contributed by atoms with E-state index in [4.69, 9.17) is 0 Å². The van der Waals surface area contributed by atoms with Crippen molar-refractivity contribution in [3.8, 4) is 0 Å². The maximum Gasteiger partial charge on any atom is 0.175 e. The molecule has 0 aromatic heterocycles. The molecule has 4 heteroatoms. The largest absolute Gasteiger partial charge is 0.293 e. The third-order valence-electron chi connectivity index (χ3n) is 1.37. The first kappa shape index (κ1) is 10.7. The van der Waals surface area contributed by atoms with Crippen LogP contribution in [0, 0.1) is 0 Å². The van der Waals surface area contributed by atoms with Crippen LogP contribution in [0.2, 0.25) is 0 Å². The molecule has 0 aliphatic carbocycles. The van der Waals surface area contributed by atoms with Gasteiger partial charge < -0.3 is 0 Å². The van der Waals surface area contributed by atoms with Gasteiger partial charge in [0.15, 0.2) is 11.6 Å². The molecule has 4 nitrogen and oxygen atoms in total. The van der Waals surface area contributed by atoms with E-state index in [1.54, 1.807) is 13.8 Å². The van der Waals surface area contributed by atoms with Crippen molar-refractivity contribution < 1.29 is 9.59 Å². The van der Waals surface area contributed by atoms with E-state index >= 15 is 0 Å². The molecule has 0 bridgehead atoms. The molecule has 12 heavy (non-hydrogen) atoms. The van der Waals surface area contributed by atoms with Crippen molar-refractivity contribution >= 4 is 23.0 Å². The summed E-state index contributed by atoms with van der Waals surface area (Å²) in [4.78, 5) is 21.3. The minimum absolute atomic E-state index is 0.143. The zero-order chi connectivity index (χ0) is 9.72. The van der Waals surface area contributed by atoms with Gasteiger partial charge in [0.1, 0.15) is 11.4 Å². The van der Waals surface area contributed by atoms with Crippen molar-refractivity contribution in [1.29, 1.82) is 0 Å². The summed E-state index contributed by atoms with van der Waals surface area (Å²) in [6.07, 6.45) is 0. The summed E-state index contributed by atoms with van der Waals surface area (Å²) in [5, 5.41) is 7.16. The molecule has 0 saturated carbocycles. The summed E-state index contributed by atoms with van der Waals surface area (Å²) in [7, 11) is 0. The van der Waals surface area contributed by atoms with Gasteiger partial charge in [-0.2, -0.15) is 10.2 Å². The summed E-state index contributed by atoms with van der Waals surface area (Å²) < 4.78 is 0. The van der Waals surface area contributed by atoms with Crippen molar-refractivity contribution in [2.75, 3.05) is 0 Å². The highest BCUT2D eigenvalue weighted by atomic mass is 16.1. The molecular weight excluding hydrogens is 156 g/mol. The van der Waals surface area contributed by atoms with Crippen molar-refractivity contribution in [3.05, 3.63) is 0 Å². The number of rotatable bonds is 3. The van der Waals surface area contributed by atoms with Gasteiger partial charge in [-0.3, -0.25) is 9.59 Å². The topological polar surface area (TPSA) is 58.9 Å². The molecule has 0 aromatic carbocycles. The van der Waals surface area contributed by atoms with Gasteiger partial charge in [0.05, 0.1) is 0 Å². The Morgan fingerprint density at radius 2 is 1.00 bits per heavy atom. The summed E-state index contributed by atoms with van der Waals surface area (Å²) in [6.45, 7) is 5.91. The van der Waals surface area contributed by atoms with Gasteiger partial charge in [0.2, 0.25) is 0 Å². The molecule has 0 unspecified atom stereocenters. The van der Waals surface area contributed by atoms with Gasteiger partial charge in [0.25, 0.3) is 0 Å². The maximum absolute atomic E-state index is 10.6. The number of ketones is 2. The maximum atomic E-state index is 10.6. The Morgan fingerprint density at radius 1 is 0.750 bits per heavy atom. The van der Waals surface area contributed by atoms with Crippen LogP contribution < -0.4 is 0 Å². The molecule has 0 rings (SSSR count). The quantitative estimate of drug-likeness (QED) is 0.466. The predicted octanol–water partition coefficient (Wildman–Crippen LogP) is 1.00. The van der Waals surface area contributed by atoms with Crippen LogP contribution in [0.25, 0.3) is 0 Å². The van der Waals surface area contributed by atoms with Gasteiger partial charge >= 0.3 is 0 Å². The van der Waals surface area contributed by atoms with E-state index in [-0.39, 0.29) is 11.6 Å². The third kappa shape index (κ3) is 3.75. The second-order valence-corrected chi connectivity index (χ2v) is 2.48. The first-order valence-electron chi connectivity index (χ1n) is 3.56. The van der Waals surface area contributed by atoms with Gasteiger partial charge in [-0.15, -0.1) is 0 Å². The molecule has 0 atom stereocenters. The van der Waals surface area contributed by atoms with E-state index in [1.807, 2.05) is 0 Å². The van der Waals surface area contributed by atoms with Crippen LogP contribution >= 0.6 is 0 Å². The van der Waals surface area contributed by atoms with Crippen molar-refractivity contribution in [2.45, 2.75) is 27.7 Å². The summed E-state index contributed by atoms with van der Waals surface area (Å²) in [5.74, 6) is -0.287. The fourth-order valence-electron chi connectivity index (χ4n) is 0.291. The number of Topliss-reactive ketones (excluding diaryl/α,β-unsaturated/α-hetero) is 2. The average molecular weight is 168 g/mol. The lowest BCUT2D eigenvalue weighted by Gasteiger charge is -1.90. The molecule has 0 N–H and O–H groups in total. The SMILES string of the molecule is CC(=O)C(C)=NN=C(C)C(C)=O. The molecule has 0 saturated heterocycles. The predicted molar refractivity (Wildman–Crippen MR) is 47.6 cm³/mol. The normalized spacial score (nSPS) is 13.0. The molecule has 66 valence electrons. The Bertz CT molecular complexity index is 236. The van der Waals surface area contributed by atoms with Crippen molar-refractivity contribution in [2.24, 2.45) is 10.2 Å². The van der Waals surface area contributed by atoms with E-state index in [0.29, 0.717) is 11.4 Å². The Kier molecular flexibility index (Phi) is 4.04. The summed E-state index contributed by atoms with van der Waals surface area (Å²) >= 11 is 0. The fourth-order valence-corrected chi connectivity index (χ4v) is 0.291. The molecule has 0 heterocycles. The number of carbonyl (C=O) groups is 2. The second kappa shape index (κ2) is 4.54. The number of carbonyl (C=O) groups excluding carboxylic acids is 2. The molecule has 0 aromatic rings. The fraction of sp³-hybridized carbons (Fsp3) is 0.500. The van der Waals surface area contributed by atoms with E-state index in [2.05, 4.69) is 10.2 Å². The highest BCUT2D eigenvalue weighted by molar-refractivity contribution is 6.39. The van der Waals surface area contributed by atoms with Crippen LogP contribution in [0.4, 0.5) is 0 Å². The minimum Gasteiger partial charge on any atom is -0.293 e. The van der Waals surface area contributed by atoms with E-state index < -0.39 is 0 Å². The molecule has 0 aliphatic rings. The standard InChI is InChI=1S/C8H12N2O2/c1-5(7(3)11)9-10-6(2)8(4)12/h1-4H3. The average Bonchev–Trinajstić information content (AvgIpc) is 1.98. The smallest absolute Gasteiger partial charge is 0.175 e. The Morgan fingerprint density at radius 3 is 1.17 bits per heavy atom. The zero-order valence-electron chi connectivity index (χ0n) is 7.71. The van der Waals surface area contributed by atoms with Gasteiger partial charge in [-0.1, -0.05) is 0 Å². The molecule has 0 spiro atoms. The monoisotopic (exact) mass is 168 g/mol. The lowest BCUT2D eigenvalue weighted by molar-refractivity contribution is -0.112. The van der Waals surface area contributed by atoms with Gasteiger partial charge in [-0.05, 0) is 13.8 Å². The van der Waals surface area contributed by atoms with E-state index in [1.165, 1.54) is 13.8 Å². The van der Waals surface area contributed by atoms with Crippen LogP contribution in [0.3, 0.4) is 0 Å². The first-order chi connectivity index (χ1) is 5.45. The highest BCUT2D eigenvalue weighted by Gasteiger charge is 1.98. The lowest BCUT2D eigenvalue weighted by atomic mass is 10.3. The van der Waals surface area contributed by atoms with E-state index in [9.17, 15) is 9.59 Å². The molecule has 0 aliphatic heterocycles. The zero-order valence-corrected chi connectivity index (χ0v) is 7.71. The molecule has 0 amide bonds. The van der Waals surface area contributed by atoms with Crippen LogP contribution in [0.5, 0.6) is 0 Å². The van der Waals surface area contributed by atoms with E-state index in [0.717, 1.165) is 0 Å². The van der Waals surface area contributed by atoms with Gasteiger partial charge in [0, 0.05) is 13.8 Å². The van der Waals surface area contributed by atoms with Crippen LogP contribution in [-0.2, 0) is 9.59 Å². The molecule has 0 radical (unpaired) electrons. The molecule has 0 fully saturated rings. The second-order valence-electron chi connectivity index (χ2n) is 2.48. The van der Waals surface area contributed by atoms with Crippen LogP contribution in [0.1, 0.15) is 27.7 Å². The molecular formula is C8H12N2O2. The summed E-state index contributed by atoms with van der Waals surface area (Å²) in [5.41, 5.74) is 0.603. The Hall–Kier alpha value is -1.32. The minimum atomic E-state index is -0.143. The van der Waals surface area contributed by atoms with Gasteiger partial charge in [-0.25, -0.2) is 0 Å². The summed E-state index contributed by atoms with van der Waals surface area (Å²) in [6, 6.07) is 0. The van der Waals surface area contributed by atoms with Crippen LogP contribution in [0.15, 0.2) is 10.2 Å². The van der Waals surface area contributed by atoms with Crippen LogP contribution in [-0.4, -0.2) is 23.0 Å². The first-order valence-corrected chi connectivity index (χ1v) is 3.56. The number of hydrogen-bond acceptors (Lipinski definition) is 4. The number of hydrogen-bond donors (Lipinski definition) is 0. The lowest BCUT2D eigenvalue weighted by Crippen LogP contribution is -2.06. The third-order valence-corrected chi connectivity index (χ3v) is 1.37. The highest BCUT2D eigenvalue weighted by Crippen LogP contribution is 1.85. The van der Waals surface area contributed by atoms with Crippen molar-refractivity contribution in [1.82, 2.24) is 0 Å².